The van der Waals surface area contributed by atoms with Crippen LogP contribution in [0.4, 0.5) is 0 Å². The van der Waals surface area contributed by atoms with Crippen molar-refractivity contribution in [3.8, 4) is 11.3 Å². The molecule has 0 radical (unpaired) electrons. The Bertz CT molecular complexity index is 1160. The lowest BCUT2D eigenvalue weighted by Gasteiger charge is -2.10. The lowest BCUT2D eigenvalue weighted by Crippen LogP contribution is -2.23. The lowest BCUT2D eigenvalue weighted by atomic mass is 10.1. The molecule has 8 heteroatoms. The molecule has 0 bridgehead atoms. The smallest absolute Gasteiger partial charge is 0.252 e. The van der Waals surface area contributed by atoms with Crippen LogP contribution in [0, 0.1) is 13.8 Å². The van der Waals surface area contributed by atoms with E-state index in [1.807, 2.05) is 50.2 Å². The largest absolute Gasteiger partial charge is 0.459 e. The normalized spacial score (nSPS) is 11.1. The summed E-state index contributed by atoms with van der Waals surface area (Å²) in [7, 11) is 0. The molecule has 7 nitrogen and oxygen atoms in total. The van der Waals surface area contributed by atoms with Crippen LogP contribution in [0.15, 0.2) is 47.1 Å². The number of benzene rings is 1. The van der Waals surface area contributed by atoms with E-state index in [4.69, 9.17) is 16.0 Å². The maximum absolute atomic E-state index is 12.3. The Kier molecular flexibility index (Phi) is 5.31. The number of aromatic nitrogens is 4. The quantitative estimate of drug-likeness (QED) is 0.522. The Morgan fingerprint density at radius 2 is 1.97 bits per heavy atom. The molecule has 1 amide bonds. The number of halogens is 1. The second-order valence-corrected chi connectivity index (χ2v) is 7.22. The summed E-state index contributed by atoms with van der Waals surface area (Å²) in [6.45, 7) is 4.23. The zero-order valence-electron chi connectivity index (χ0n) is 16.1. The molecule has 0 saturated carbocycles. The number of fused-ring (bicyclic) bond motifs is 1. The predicted octanol–water partition coefficient (Wildman–Crippen LogP) is 3.90. The Morgan fingerprint density at radius 1 is 1.17 bits per heavy atom. The number of hydrogen-bond acceptors (Lipinski definition) is 5. The van der Waals surface area contributed by atoms with Crippen molar-refractivity contribution >= 4 is 23.3 Å². The first-order valence-electron chi connectivity index (χ1n) is 9.28. The SMILES string of the molecule is Cc1nc2ncnn2c(C)c1CCC(=O)NCc1ccc(-c2ccc(Cl)cc2)o1. The molecule has 0 aliphatic heterocycles. The third-order valence-electron chi connectivity index (χ3n) is 4.84. The maximum atomic E-state index is 12.3. The number of nitrogens with zero attached hydrogens (tertiary/aromatic N) is 4. The topological polar surface area (TPSA) is 85.3 Å². The molecule has 29 heavy (non-hydrogen) atoms. The van der Waals surface area contributed by atoms with Crippen LogP contribution in [0.2, 0.25) is 5.02 Å². The minimum Gasteiger partial charge on any atom is -0.459 e. The molecule has 0 atom stereocenters. The molecule has 0 aliphatic rings. The molecular weight excluding hydrogens is 390 g/mol. The molecule has 0 unspecified atom stereocenters. The molecule has 1 aromatic carbocycles. The molecule has 0 saturated heterocycles. The zero-order chi connectivity index (χ0) is 20.4. The summed E-state index contributed by atoms with van der Waals surface area (Å²) < 4.78 is 7.51. The van der Waals surface area contributed by atoms with Crippen LogP contribution in [0.5, 0.6) is 0 Å². The number of hydrogen-bond donors (Lipinski definition) is 1. The molecule has 4 aromatic rings. The Labute approximate surface area is 172 Å². The van der Waals surface area contributed by atoms with Crippen molar-refractivity contribution in [2.45, 2.75) is 33.2 Å². The van der Waals surface area contributed by atoms with Crippen molar-refractivity contribution in [1.82, 2.24) is 24.9 Å². The summed E-state index contributed by atoms with van der Waals surface area (Å²) in [6.07, 6.45) is 2.42. The van der Waals surface area contributed by atoms with E-state index in [-0.39, 0.29) is 5.91 Å². The minimum atomic E-state index is -0.0491. The number of nitrogens with one attached hydrogen (secondary N) is 1. The molecule has 0 fully saturated rings. The Hall–Kier alpha value is -3.19. The van der Waals surface area contributed by atoms with Crippen molar-refractivity contribution < 1.29 is 9.21 Å². The second-order valence-electron chi connectivity index (χ2n) is 6.78. The van der Waals surface area contributed by atoms with Crippen LogP contribution >= 0.6 is 11.6 Å². The molecular formula is C21H20ClN5O2. The number of carbonyl (C=O) groups excluding carboxylic acids is 1. The second kappa shape index (κ2) is 8.05. The van der Waals surface area contributed by atoms with Crippen molar-refractivity contribution in [1.29, 1.82) is 0 Å². The van der Waals surface area contributed by atoms with Crippen molar-refractivity contribution in [3.05, 3.63) is 70.5 Å². The van der Waals surface area contributed by atoms with Gasteiger partial charge in [-0.25, -0.2) is 9.50 Å². The minimum absolute atomic E-state index is 0.0491. The van der Waals surface area contributed by atoms with Gasteiger partial charge in [0.1, 0.15) is 17.8 Å². The average molecular weight is 410 g/mol. The van der Waals surface area contributed by atoms with Crippen molar-refractivity contribution in [3.63, 3.8) is 0 Å². The summed E-state index contributed by atoms with van der Waals surface area (Å²) in [6, 6.07) is 11.2. The first kappa shape index (κ1) is 19.1. The highest BCUT2D eigenvalue weighted by molar-refractivity contribution is 6.30. The van der Waals surface area contributed by atoms with Gasteiger partial charge in [0.05, 0.1) is 6.54 Å². The van der Waals surface area contributed by atoms with E-state index in [0.29, 0.717) is 35.9 Å². The third-order valence-corrected chi connectivity index (χ3v) is 5.09. The van der Waals surface area contributed by atoms with Gasteiger partial charge < -0.3 is 9.73 Å². The van der Waals surface area contributed by atoms with E-state index < -0.39 is 0 Å². The molecule has 0 spiro atoms. The van der Waals surface area contributed by atoms with Gasteiger partial charge >= 0.3 is 0 Å². The zero-order valence-corrected chi connectivity index (χ0v) is 16.9. The van der Waals surface area contributed by atoms with Crippen LogP contribution in [-0.2, 0) is 17.8 Å². The molecule has 0 aliphatic carbocycles. The number of amides is 1. The van der Waals surface area contributed by atoms with Gasteiger partial charge in [0.15, 0.2) is 0 Å². The van der Waals surface area contributed by atoms with E-state index in [1.165, 1.54) is 6.33 Å². The Balaban J connectivity index is 1.35. The first-order chi connectivity index (χ1) is 14.0. The van der Waals surface area contributed by atoms with Gasteiger partial charge in [0.2, 0.25) is 5.91 Å². The average Bonchev–Trinajstić information content (AvgIpc) is 3.36. The first-order valence-corrected chi connectivity index (χ1v) is 9.66. The van der Waals surface area contributed by atoms with Gasteiger partial charge in [-0.2, -0.15) is 10.1 Å². The fraction of sp³-hybridized carbons (Fsp3) is 0.238. The van der Waals surface area contributed by atoms with E-state index in [9.17, 15) is 4.79 Å². The van der Waals surface area contributed by atoms with Crippen molar-refractivity contribution in [2.24, 2.45) is 0 Å². The summed E-state index contributed by atoms with van der Waals surface area (Å²) in [4.78, 5) is 20.9. The van der Waals surface area contributed by atoms with Crippen LogP contribution in [0.3, 0.4) is 0 Å². The summed E-state index contributed by atoms with van der Waals surface area (Å²) in [5, 5.41) is 7.76. The van der Waals surface area contributed by atoms with E-state index >= 15 is 0 Å². The predicted molar refractivity (Wildman–Crippen MR) is 110 cm³/mol. The highest BCUT2D eigenvalue weighted by Crippen LogP contribution is 2.23. The molecule has 3 aromatic heterocycles. The standard InChI is InChI=1S/C21H20ClN5O2/c1-13-18(14(2)27-21(26-13)24-12-25-27)8-10-20(28)23-11-17-7-9-19(29-17)15-3-5-16(22)6-4-15/h3-7,9,12H,8,10-11H2,1-2H3,(H,23,28). The van der Waals surface area contributed by atoms with E-state index in [2.05, 4.69) is 20.4 Å². The number of rotatable bonds is 6. The van der Waals surface area contributed by atoms with Crippen LogP contribution < -0.4 is 5.32 Å². The van der Waals surface area contributed by atoms with Gasteiger partial charge in [-0.1, -0.05) is 11.6 Å². The fourth-order valence-electron chi connectivity index (χ4n) is 3.27. The molecule has 4 rings (SSSR count). The summed E-state index contributed by atoms with van der Waals surface area (Å²) >= 11 is 5.92. The van der Waals surface area contributed by atoms with Gasteiger partial charge in [-0.15, -0.1) is 0 Å². The van der Waals surface area contributed by atoms with Crippen molar-refractivity contribution in [2.75, 3.05) is 0 Å². The highest BCUT2D eigenvalue weighted by atomic mass is 35.5. The monoisotopic (exact) mass is 409 g/mol. The van der Waals surface area contributed by atoms with Crippen LogP contribution in [0.25, 0.3) is 17.1 Å². The molecule has 1 N–H and O–H groups in total. The van der Waals surface area contributed by atoms with Gasteiger partial charge in [0, 0.05) is 28.4 Å². The maximum Gasteiger partial charge on any atom is 0.252 e. The lowest BCUT2D eigenvalue weighted by molar-refractivity contribution is -0.121. The summed E-state index contributed by atoms with van der Waals surface area (Å²) in [5.74, 6) is 1.96. The fourth-order valence-corrected chi connectivity index (χ4v) is 3.40. The molecule has 3 heterocycles. The molecule has 148 valence electrons. The summed E-state index contributed by atoms with van der Waals surface area (Å²) in [5.41, 5.74) is 3.78. The number of carbonyl (C=O) groups is 1. The number of aryl methyl sites for hydroxylation is 2. The van der Waals surface area contributed by atoms with E-state index in [1.54, 1.807) is 4.52 Å². The van der Waals surface area contributed by atoms with E-state index in [0.717, 1.165) is 28.3 Å². The highest BCUT2D eigenvalue weighted by Gasteiger charge is 2.13. The van der Waals surface area contributed by atoms with Crippen LogP contribution in [0.1, 0.15) is 29.1 Å². The van der Waals surface area contributed by atoms with Gasteiger partial charge in [0.25, 0.3) is 5.78 Å². The van der Waals surface area contributed by atoms with Crippen LogP contribution in [-0.4, -0.2) is 25.5 Å². The Morgan fingerprint density at radius 3 is 2.76 bits per heavy atom. The van der Waals surface area contributed by atoms with Gasteiger partial charge in [-0.05, 0) is 62.2 Å². The number of furan rings is 1. The van der Waals surface area contributed by atoms with Gasteiger partial charge in [-0.3, -0.25) is 4.79 Å². The third kappa shape index (κ3) is 4.14.